The summed E-state index contributed by atoms with van der Waals surface area (Å²) in [7, 11) is 0. The lowest BCUT2D eigenvalue weighted by molar-refractivity contribution is 0.103. The molecule has 9 aromatic rings. The molecular weight excluding hydrogens is 805 g/mol. The number of benzene rings is 9. The van der Waals surface area contributed by atoms with Gasteiger partial charge in [-0.05, 0) is 121 Å². The summed E-state index contributed by atoms with van der Waals surface area (Å²) in [5, 5.41) is 4.34. The van der Waals surface area contributed by atoms with E-state index in [1.165, 1.54) is 22.3 Å². The summed E-state index contributed by atoms with van der Waals surface area (Å²) in [6, 6.07) is 66.4. The first-order chi connectivity index (χ1) is 31.7. The van der Waals surface area contributed by atoms with Crippen LogP contribution in [-0.4, -0.2) is 11.6 Å². The summed E-state index contributed by atoms with van der Waals surface area (Å²) < 4.78 is 0. The number of carbonyl (C=O) groups is 2. The van der Waals surface area contributed by atoms with Crippen LogP contribution in [0.25, 0.3) is 21.5 Å². The molecule has 0 atom stereocenters. The van der Waals surface area contributed by atoms with Crippen LogP contribution < -0.4 is 9.80 Å². The van der Waals surface area contributed by atoms with Crippen molar-refractivity contribution in [2.75, 3.05) is 9.80 Å². The van der Waals surface area contributed by atoms with Crippen molar-refractivity contribution in [2.24, 2.45) is 0 Å². The normalized spacial score (nSPS) is 11.8. The van der Waals surface area contributed by atoms with Gasteiger partial charge in [0, 0.05) is 66.5 Å². The molecule has 9 rings (SSSR count). The summed E-state index contributed by atoms with van der Waals surface area (Å²) in [4.78, 5) is 32.2. The van der Waals surface area contributed by atoms with Gasteiger partial charge in [0.2, 0.25) is 0 Å². The molecular formula is C62H56N2O2. The maximum atomic E-state index is 13.7. The number of hydrogen-bond donors (Lipinski definition) is 0. The van der Waals surface area contributed by atoms with Crippen LogP contribution in [-0.2, 0) is 10.8 Å². The van der Waals surface area contributed by atoms with Gasteiger partial charge in [-0.1, -0.05) is 162 Å². The van der Waals surface area contributed by atoms with Gasteiger partial charge in [-0.15, -0.1) is 0 Å². The Kier molecular flexibility index (Phi) is 11.5. The lowest BCUT2D eigenvalue weighted by atomic mass is 9.82. The molecule has 0 saturated carbocycles. The van der Waals surface area contributed by atoms with Crippen LogP contribution in [0.3, 0.4) is 0 Å². The van der Waals surface area contributed by atoms with Crippen molar-refractivity contribution in [3.63, 3.8) is 0 Å². The predicted octanol–water partition coefficient (Wildman–Crippen LogP) is 16.6. The van der Waals surface area contributed by atoms with E-state index in [0.29, 0.717) is 22.3 Å². The third-order valence-electron chi connectivity index (χ3n) is 12.7. The molecule has 0 aliphatic rings. The van der Waals surface area contributed by atoms with Crippen molar-refractivity contribution in [1.29, 1.82) is 0 Å². The van der Waals surface area contributed by atoms with E-state index in [9.17, 15) is 9.59 Å². The summed E-state index contributed by atoms with van der Waals surface area (Å²) in [6.07, 6.45) is 0. The smallest absolute Gasteiger partial charge is 0.193 e. The molecule has 4 heteroatoms. The molecule has 0 saturated heterocycles. The third-order valence-corrected chi connectivity index (χ3v) is 12.7. The van der Waals surface area contributed by atoms with Crippen molar-refractivity contribution in [3.8, 4) is 0 Å². The Balaban J connectivity index is 1.37. The van der Waals surface area contributed by atoms with Gasteiger partial charge in [-0.3, -0.25) is 9.59 Å². The minimum absolute atomic E-state index is 0.0116. The van der Waals surface area contributed by atoms with Gasteiger partial charge >= 0.3 is 0 Å². The predicted molar refractivity (Wildman–Crippen MR) is 277 cm³/mol. The summed E-state index contributed by atoms with van der Waals surface area (Å²) in [5.74, 6) is -0.0232. The van der Waals surface area contributed by atoms with Crippen LogP contribution in [0.15, 0.2) is 194 Å². The molecule has 0 radical (unpaired) electrons. The Hall–Kier alpha value is -7.56. The Morgan fingerprint density at radius 2 is 0.621 bits per heavy atom. The van der Waals surface area contributed by atoms with Gasteiger partial charge in [-0.25, -0.2) is 0 Å². The zero-order chi connectivity index (χ0) is 46.3. The molecule has 0 unspecified atom stereocenters. The molecule has 0 fully saturated rings. The fourth-order valence-electron chi connectivity index (χ4n) is 8.84. The second-order valence-electron chi connectivity index (χ2n) is 19.5. The maximum absolute atomic E-state index is 13.7. The quantitative estimate of drug-likeness (QED) is 0.0780. The maximum Gasteiger partial charge on any atom is 0.193 e. The van der Waals surface area contributed by atoms with Crippen LogP contribution in [0.4, 0.5) is 34.1 Å². The number of carbonyl (C=O) groups excluding carboxylic acids is 2. The van der Waals surface area contributed by atoms with Crippen molar-refractivity contribution >= 4 is 67.2 Å². The Morgan fingerprint density at radius 1 is 0.333 bits per heavy atom. The molecule has 0 N–H and O–H groups in total. The van der Waals surface area contributed by atoms with Gasteiger partial charge in [-0.2, -0.15) is 0 Å². The molecule has 0 bridgehead atoms. The molecule has 0 heterocycles. The number of rotatable bonds is 10. The number of fused-ring (bicyclic) bond motifs is 2. The van der Waals surface area contributed by atoms with Crippen LogP contribution in [0.2, 0.25) is 0 Å². The van der Waals surface area contributed by atoms with Crippen LogP contribution in [0.5, 0.6) is 0 Å². The van der Waals surface area contributed by atoms with E-state index in [1.807, 2.05) is 84.9 Å². The van der Waals surface area contributed by atoms with Gasteiger partial charge in [0.05, 0.1) is 11.4 Å². The minimum Gasteiger partial charge on any atom is -0.309 e. The van der Waals surface area contributed by atoms with Crippen LogP contribution >= 0.6 is 0 Å². The number of aryl methyl sites for hydroxylation is 2. The van der Waals surface area contributed by atoms with E-state index < -0.39 is 0 Å². The van der Waals surface area contributed by atoms with E-state index >= 15 is 0 Å². The van der Waals surface area contributed by atoms with E-state index in [2.05, 4.69) is 174 Å². The highest BCUT2D eigenvalue weighted by atomic mass is 16.1. The van der Waals surface area contributed by atoms with Crippen molar-refractivity contribution in [1.82, 2.24) is 0 Å². The lowest BCUT2D eigenvalue weighted by Crippen LogP contribution is -2.17. The van der Waals surface area contributed by atoms with E-state index in [4.69, 9.17) is 0 Å². The third kappa shape index (κ3) is 8.55. The van der Waals surface area contributed by atoms with Gasteiger partial charge in [0.1, 0.15) is 0 Å². The van der Waals surface area contributed by atoms with Crippen molar-refractivity contribution < 1.29 is 9.59 Å². The summed E-state index contributed by atoms with van der Waals surface area (Å²) in [5.41, 5.74) is 13.0. The van der Waals surface area contributed by atoms with Gasteiger partial charge in [0.25, 0.3) is 0 Å². The zero-order valence-electron chi connectivity index (χ0n) is 39.2. The molecule has 9 aromatic carbocycles. The molecule has 326 valence electrons. The zero-order valence-corrected chi connectivity index (χ0v) is 39.2. The SMILES string of the molecule is Cc1ccc(N(c2ccc(C(=O)c3ccccc3)cc2)c2c3ccc(C(C)(C)C)cc3c(N(c3ccc(C)cc3)c3ccc(C(=O)c4ccccc4)cc3)c3ccc(C(C)(C)C)cc23)cc1. The Morgan fingerprint density at radius 3 is 0.924 bits per heavy atom. The fourth-order valence-corrected chi connectivity index (χ4v) is 8.84. The van der Waals surface area contributed by atoms with Crippen molar-refractivity contribution in [3.05, 3.63) is 239 Å². The molecule has 0 aliphatic heterocycles. The standard InChI is InChI=1S/C62H56N2O2/c1-41-19-29-49(30-20-41)63(51-33-23-45(24-34-51)59(65)43-15-11-9-12-16-43)57-53-37-27-48(62(6,7)8)40-56(53)58(54-38-28-47(39-55(54)57)61(3,4)5)64(50-31-21-42(2)22-32-50)52-35-25-46(26-36-52)60(66)44-17-13-10-14-18-44/h9-40H,1-8H3. The lowest BCUT2D eigenvalue weighted by Gasteiger charge is -2.34. The highest BCUT2D eigenvalue weighted by Crippen LogP contribution is 2.52. The number of anilines is 6. The molecule has 0 amide bonds. The topological polar surface area (TPSA) is 40.6 Å². The first-order valence-corrected chi connectivity index (χ1v) is 22.8. The summed E-state index contributed by atoms with van der Waals surface area (Å²) >= 11 is 0. The monoisotopic (exact) mass is 860 g/mol. The summed E-state index contributed by atoms with van der Waals surface area (Å²) in [6.45, 7) is 17.8. The average molecular weight is 861 g/mol. The molecule has 0 aromatic heterocycles. The first kappa shape index (κ1) is 43.7. The van der Waals surface area contributed by atoms with E-state index in [0.717, 1.165) is 55.7 Å². The van der Waals surface area contributed by atoms with E-state index in [1.54, 1.807) is 0 Å². The fraction of sp³-hybridized carbons (Fsp3) is 0.161. The molecule has 0 aliphatic carbocycles. The van der Waals surface area contributed by atoms with Gasteiger partial charge in [0.15, 0.2) is 11.6 Å². The number of ketones is 2. The van der Waals surface area contributed by atoms with Crippen LogP contribution in [0, 0.1) is 13.8 Å². The van der Waals surface area contributed by atoms with E-state index in [-0.39, 0.29) is 22.4 Å². The number of nitrogens with zero attached hydrogens (tertiary/aromatic N) is 2. The van der Waals surface area contributed by atoms with Crippen molar-refractivity contribution in [2.45, 2.75) is 66.2 Å². The Labute approximate surface area is 389 Å². The highest BCUT2D eigenvalue weighted by Gasteiger charge is 2.29. The Bertz CT molecular complexity index is 2990. The molecule has 0 spiro atoms. The second-order valence-corrected chi connectivity index (χ2v) is 19.5. The largest absolute Gasteiger partial charge is 0.309 e. The second kappa shape index (κ2) is 17.4. The van der Waals surface area contributed by atoms with Gasteiger partial charge < -0.3 is 9.80 Å². The average Bonchev–Trinajstić information content (AvgIpc) is 3.33. The number of hydrogen-bond acceptors (Lipinski definition) is 4. The van der Waals surface area contributed by atoms with Crippen LogP contribution in [0.1, 0.15) is 95.6 Å². The molecule has 4 nitrogen and oxygen atoms in total. The molecule has 66 heavy (non-hydrogen) atoms. The first-order valence-electron chi connectivity index (χ1n) is 22.8. The minimum atomic E-state index is -0.150. The highest BCUT2D eigenvalue weighted by molar-refractivity contribution is 6.24.